The van der Waals surface area contributed by atoms with Gasteiger partial charge in [0.25, 0.3) is 0 Å². The smallest absolute Gasteiger partial charge is 0.441 e. The molecule has 0 bridgehead atoms. The van der Waals surface area contributed by atoms with Crippen LogP contribution in [0.25, 0.3) is 0 Å². The molecule has 10 heteroatoms. The highest BCUT2D eigenvalue weighted by molar-refractivity contribution is 7.47. The number of rotatable bonds is 33. The average molecular weight is 652 g/mol. The lowest BCUT2D eigenvalue weighted by Crippen LogP contribution is -2.35. The molecule has 44 heavy (non-hydrogen) atoms. The summed E-state index contributed by atoms with van der Waals surface area (Å²) in [5.41, 5.74) is 0. The predicted octanol–water partition coefficient (Wildman–Crippen LogP) is 9.17. The molecule has 0 aliphatic rings. The quantitative estimate of drug-likeness (QED) is 0.0414. The fourth-order valence-corrected chi connectivity index (χ4v) is 5.87. The SMILES string of the molecule is CCCCCCCCCCCCCCCCCCOCC(COP(=O)(O)OCCCCCCCC[N+](C)(C)C)OC(=O)NC. The van der Waals surface area contributed by atoms with Crippen molar-refractivity contribution in [2.45, 2.75) is 154 Å². The minimum Gasteiger partial charge on any atom is -0.441 e. The first-order valence-corrected chi connectivity index (χ1v) is 19.5. The molecule has 0 aromatic rings. The molecule has 2 unspecified atom stereocenters. The van der Waals surface area contributed by atoms with Crippen LogP contribution in [0.3, 0.4) is 0 Å². The van der Waals surface area contributed by atoms with Crippen LogP contribution < -0.4 is 5.32 Å². The van der Waals surface area contributed by atoms with Gasteiger partial charge in [0.1, 0.15) is 0 Å². The van der Waals surface area contributed by atoms with Crippen molar-refractivity contribution in [3.8, 4) is 0 Å². The number of carbonyl (C=O) groups excluding carboxylic acids is 1. The molecule has 0 fully saturated rings. The van der Waals surface area contributed by atoms with Gasteiger partial charge in [-0.3, -0.25) is 9.05 Å². The third kappa shape index (κ3) is 32.7. The van der Waals surface area contributed by atoms with Gasteiger partial charge in [-0.2, -0.15) is 0 Å². The van der Waals surface area contributed by atoms with Crippen LogP contribution in [0.4, 0.5) is 4.79 Å². The molecule has 0 heterocycles. The molecule has 0 rings (SSSR count). The molecule has 9 nitrogen and oxygen atoms in total. The fraction of sp³-hybridized carbons (Fsp3) is 0.971. The zero-order valence-electron chi connectivity index (χ0n) is 29.5. The molecular weight excluding hydrogens is 579 g/mol. The van der Waals surface area contributed by atoms with E-state index in [0.717, 1.165) is 36.6 Å². The number of carbonyl (C=O) groups is 1. The summed E-state index contributed by atoms with van der Waals surface area (Å²) in [6.07, 6.45) is 25.9. The number of amides is 1. The van der Waals surface area contributed by atoms with Gasteiger partial charge in [-0.25, -0.2) is 9.36 Å². The van der Waals surface area contributed by atoms with E-state index >= 15 is 0 Å². The van der Waals surface area contributed by atoms with Crippen LogP contribution in [0.5, 0.6) is 0 Å². The Kier molecular flexibility index (Phi) is 29.2. The Balaban J connectivity index is 3.84. The minimum absolute atomic E-state index is 0.0975. The first-order chi connectivity index (χ1) is 21.1. The lowest BCUT2D eigenvalue weighted by atomic mass is 10.0. The van der Waals surface area contributed by atoms with Gasteiger partial charge >= 0.3 is 13.9 Å². The van der Waals surface area contributed by atoms with E-state index in [9.17, 15) is 14.3 Å². The summed E-state index contributed by atoms with van der Waals surface area (Å²) in [5, 5.41) is 2.39. The number of phosphoric ester groups is 1. The van der Waals surface area contributed by atoms with Crippen molar-refractivity contribution in [2.75, 3.05) is 61.2 Å². The molecule has 0 saturated heterocycles. The maximum atomic E-state index is 12.3. The zero-order chi connectivity index (χ0) is 32.8. The first-order valence-electron chi connectivity index (χ1n) is 18.0. The van der Waals surface area contributed by atoms with Gasteiger partial charge in [-0.15, -0.1) is 0 Å². The van der Waals surface area contributed by atoms with Crippen molar-refractivity contribution in [3.05, 3.63) is 0 Å². The van der Waals surface area contributed by atoms with E-state index in [4.69, 9.17) is 18.5 Å². The molecule has 264 valence electrons. The number of ether oxygens (including phenoxy) is 2. The Morgan fingerprint density at radius 1 is 0.659 bits per heavy atom. The summed E-state index contributed by atoms with van der Waals surface area (Å²) in [6.45, 7) is 3.97. The Morgan fingerprint density at radius 3 is 1.55 bits per heavy atom. The minimum atomic E-state index is -4.23. The number of unbranched alkanes of at least 4 members (excludes halogenated alkanes) is 20. The summed E-state index contributed by atoms with van der Waals surface area (Å²) in [6, 6.07) is 0. The molecule has 0 radical (unpaired) electrons. The summed E-state index contributed by atoms with van der Waals surface area (Å²) >= 11 is 0. The monoisotopic (exact) mass is 652 g/mol. The second-order valence-corrected chi connectivity index (χ2v) is 14.8. The summed E-state index contributed by atoms with van der Waals surface area (Å²) in [5.74, 6) is 0. The van der Waals surface area contributed by atoms with Crippen molar-refractivity contribution in [3.63, 3.8) is 0 Å². The van der Waals surface area contributed by atoms with E-state index in [1.807, 2.05) is 0 Å². The van der Waals surface area contributed by atoms with Crippen LogP contribution in [0.2, 0.25) is 0 Å². The van der Waals surface area contributed by atoms with Crippen LogP contribution in [0, 0.1) is 0 Å². The molecule has 1 amide bonds. The molecule has 0 spiro atoms. The zero-order valence-corrected chi connectivity index (χ0v) is 30.4. The molecule has 0 aliphatic heterocycles. The molecule has 2 N–H and O–H groups in total. The molecule has 0 saturated carbocycles. The third-order valence-electron chi connectivity index (χ3n) is 7.83. The van der Waals surface area contributed by atoms with Crippen LogP contribution >= 0.6 is 7.82 Å². The Labute approximate surface area is 271 Å². The molecule has 0 aliphatic carbocycles. The van der Waals surface area contributed by atoms with Crippen LogP contribution in [0.1, 0.15) is 148 Å². The highest BCUT2D eigenvalue weighted by atomic mass is 31.2. The number of nitrogens with zero attached hydrogens (tertiary/aromatic N) is 1. The van der Waals surface area contributed by atoms with Gasteiger partial charge < -0.3 is 24.2 Å². The number of nitrogens with one attached hydrogen (secondary N) is 1. The molecule has 2 atom stereocenters. The molecule has 0 aromatic carbocycles. The van der Waals surface area contributed by atoms with Gasteiger partial charge in [0, 0.05) is 13.7 Å². The third-order valence-corrected chi connectivity index (χ3v) is 8.81. The Hall–Kier alpha value is -0.700. The Morgan fingerprint density at radius 2 is 1.09 bits per heavy atom. The largest absolute Gasteiger partial charge is 0.472 e. The van der Waals surface area contributed by atoms with E-state index in [1.165, 1.54) is 116 Å². The summed E-state index contributed by atoms with van der Waals surface area (Å²) in [4.78, 5) is 21.8. The van der Waals surface area contributed by atoms with Gasteiger partial charge in [0.15, 0.2) is 6.10 Å². The number of hydrogen-bond donors (Lipinski definition) is 2. The number of hydrogen-bond acceptors (Lipinski definition) is 6. The maximum Gasteiger partial charge on any atom is 0.472 e. The standard InChI is InChI=1S/C34H71N2O7P/c1-6-7-8-9-10-11-12-13-14-15-16-17-18-20-23-26-29-40-31-33(43-34(37)35-2)32-42-44(38,39)41-30-27-24-21-19-22-25-28-36(3,4)5/h33H,6-32H2,1-5H3,(H-,35,37,38,39)/p+1. The van der Waals surface area contributed by atoms with E-state index < -0.39 is 20.0 Å². The normalized spacial score (nSPS) is 14.0. The van der Waals surface area contributed by atoms with Crippen molar-refractivity contribution < 1.29 is 37.3 Å². The van der Waals surface area contributed by atoms with E-state index in [-0.39, 0.29) is 19.8 Å². The van der Waals surface area contributed by atoms with Gasteiger partial charge in [-0.05, 0) is 25.7 Å². The number of phosphoric acid groups is 1. The second-order valence-electron chi connectivity index (χ2n) is 13.4. The summed E-state index contributed by atoms with van der Waals surface area (Å²) < 4.78 is 34.5. The van der Waals surface area contributed by atoms with Gasteiger partial charge in [0.05, 0.1) is 47.5 Å². The lowest BCUT2D eigenvalue weighted by molar-refractivity contribution is -0.870. The van der Waals surface area contributed by atoms with E-state index in [0.29, 0.717) is 13.0 Å². The van der Waals surface area contributed by atoms with Gasteiger partial charge in [0.2, 0.25) is 0 Å². The number of quaternary nitrogens is 1. The predicted molar refractivity (Wildman–Crippen MR) is 182 cm³/mol. The highest BCUT2D eigenvalue weighted by Crippen LogP contribution is 2.43. The second kappa shape index (κ2) is 29.7. The van der Waals surface area contributed by atoms with Crippen LogP contribution in [-0.4, -0.2) is 82.7 Å². The van der Waals surface area contributed by atoms with Crippen molar-refractivity contribution in [1.29, 1.82) is 0 Å². The Bertz CT molecular complexity index is 691. The number of alkyl carbamates (subject to hydrolysis) is 1. The van der Waals surface area contributed by atoms with Gasteiger partial charge in [-0.1, -0.05) is 122 Å². The fourth-order valence-electron chi connectivity index (χ4n) is 5.08. The van der Waals surface area contributed by atoms with Crippen molar-refractivity contribution in [2.24, 2.45) is 0 Å². The molecule has 0 aromatic heterocycles. The molecular formula is C34H72N2O7P+. The van der Waals surface area contributed by atoms with Crippen molar-refractivity contribution >= 4 is 13.9 Å². The van der Waals surface area contributed by atoms with E-state index in [2.05, 4.69) is 33.4 Å². The van der Waals surface area contributed by atoms with Crippen LogP contribution in [-0.2, 0) is 23.1 Å². The van der Waals surface area contributed by atoms with E-state index in [1.54, 1.807) is 0 Å². The lowest BCUT2D eigenvalue weighted by Gasteiger charge is -2.23. The maximum absolute atomic E-state index is 12.3. The highest BCUT2D eigenvalue weighted by Gasteiger charge is 2.25. The first kappa shape index (κ1) is 43.3. The van der Waals surface area contributed by atoms with Crippen LogP contribution in [0.15, 0.2) is 0 Å². The average Bonchev–Trinajstić information content (AvgIpc) is 2.97. The summed E-state index contributed by atoms with van der Waals surface area (Å²) in [7, 11) is 3.84. The topological polar surface area (TPSA) is 103 Å². The van der Waals surface area contributed by atoms with Crippen molar-refractivity contribution in [1.82, 2.24) is 5.32 Å².